The van der Waals surface area contributed by atoms with Gasteiger partial charge in [-0.25, -0.2) is 4.68 Å². The van der Waals surface area contributed by atoms with Gasteiger partial charge in [0.25, 0.3) is 0 Å². The molecule has 4 heteroatoms. The minimum absolute atomic E-state index is 0.00972. The summed E-state index contributed by atoms with van der Waals surface area (Å²) in [7, 11) is 0. The number of piperidine rings is 1. The highest BCUT2D eigenvalue weighted by molar-refractivity contribution is 5.77. The van der Waals surface area contributed by atoms with Gasteiger partial charge in [-0.1, -0.05) is 12.1 Å². The van der Waals surface area contributed by atoms with Crippen LogP contribution in [0.3, 0.4) is 0 Å². The third kappa shape index (κ3) is 2.16. The Morgan fingerprint density at radius 1 is 1.17 bits per heavy atom. The summed E-state index contributed by atoms with van der Waals surface area (Å²) in [6, 6.07) is 7.72. The van der Waals surface area contributed by atoms with E-state index in [1.54, 1.807) is 4.90 Å². The zero-order valence-corrected chi connectivity index (χ0v) is 10.4. The summed E-state index contributed by atoms with van der Waals surface area (Å²) in [5.74, 6) is 0. The van der Waals surface area contributed by atoms with E-state index < -0.39 is 0 Å². The van der Waals surface area contributed by atoms with Crippen molar-refractivity contribution < 1.29 is 4.90 Å². The third-order valence-electron chi connectivity index (χ3n) is 3.70. The molecule has 3 rings (SSSR count). The normalized spacial score (nSPS) is 17.1. The Hall–Kier alpha value is -1.68. The van der Waals surface area contributed by atoms with Gasteiger partial charge in [0, 0.05) is 5.39 Å². The molecule has 0 saturated carbocycles. The lowest BCUT2D eigenvalue weighted by molar-refractivity contribution is -0.927. The first-order valence-corrected chi connectivity index (χ1v) is 6.63. The summed E-state index contributed by atoms with van der Waals surface area (Å²) in [6.45, 7) is 3.28. The van der Waals surface area contributed by atoms with Crippen LogP contribution in [0.4, 0.5) is 0 Å². The molecule has 4 nitrogen and oxygen atoms in total. The number of fused-ring (bicyclic) bond motifs is 1. The van der Waals surface area contributed by atoms with Crippen molar-refractivity contribution in [3.8, 4) is 0 Å². The van der Waals surface area contributed by atoms with Crippen LogP contribution < -0.4 is 10.3 Å². The van der Waals surface area contributed by atoms with Crippen molar-refractivity contribution in [1.29, 1.82) is 0 Å². The molecule has 2 heterocycles. The summed E-state index contributed by atoms with van der Waals surface area (Å²) in [5.41, 5.74) is 0.957. The molecule has 0 amide bonds. The summed E-state index contributed by atoms with van der Waals surface area (Å²) in [6.07, 6.45) is 5.38. The van der Waals surface area contributed by atoms with Crippen LogP contribution in [-0.2, 0) is 6.67 Å². The van der Waals surface area contributed by atoms with Crippen LogP contribution in [-0.4, -0.2) is 22.9 Å². The van der Waals surface area contributed by atoms with Crippen molar-refractivity contribution in [3.63, 3.8) is 0 Å². The molecule has 94 valence electrons. The number of nitrogens with zero attached hydrogens (tertiary/aromatic N) is 2. The number of hydrogen-bond donors (Lipinski definition) is 1. The minimum Gasteiger partial charge on any atom is -0.316 e. The quantitative estimate of drug-likeness (QED) is 0.832. The van der Waals surface area contributed by atoms with Gasteiger partial charge in [0.15, 0.2) is 6.67 Å². The molecule has 1 aliphatic heterocycles. The Balaban J connectivity index is 1.96. The van der Waals surface area contributed by atoms with E-state index in [2.05, 4.69) is 5.10 Å². The molecule has 1 aromatic carbocycles. The fraction of sp³-hybridized carbons (Fsp3) is 0.429. The first-order chi connectivity index (χ1) is 8.84. The molecule has 18 heavy (non-hydrogen) atoms. The monoisotopic (exact) mass is 244 g/mol. The number of likely N-dealkylation sites (tertiary alicyclic amines) is 1. The van der Waals surface area contributed by atoms with Crippen LogP contribution >= 0.6 is 0 Å². The number of quaternary nitrogens is 1. The molecule has 0 bridgehead atoms. The Kier molecular flexibility index (Phi) is 3.11. The average Bonchev–Trinajstić information content (AvgIpc) is 2.44. The second-order valence-electron chi connectivity index (χ2n) is 4.99. The summed E-state index contributed by atoms with van der Waals surface area (Å²) >= 11 is 0. The molecule has 2 aromatic rings. The van der Waals surface area contributed by atoms with E-state index in [4.69, 9.17) is 0 Å². The number of benzene rings is 1. The van der Waals surface area contributed by atoms with E-state index in [-0.39, 0.29) is 5.43 Å². The fourth-order valence-corrected chi connectivity index (χ4v) is 2.71. The number of aromatic nitrogens is 2. The molecular weight excluding hydrogens is 226 g/mol. The molecule has 1 saturated heterocycles. The van der Waals surface area contributed by atoms with Gasteiger partial charge in [-0.2, -0.15) is 5.10 Å². The van der Waals surface area contributed by atoms with E-state index >= 15 is 0 Å². The Morgan fingerprint density at radius 2 is 1.94 bits per heavy atom. The fourth-order valence-electron chi connectivity index (χ4n) is 2.71. The number of hydrogen-bond acceptors (Lipinski definition) is 2. The average molecular weight is 244 g/mol. The predicted octanol–water partition coefficient (Wildman–Crippen LogP) is 0.423. The Morgan fingerprint density at radius 3 is 2.78 bits per heavy atom. The topological polar surface area (TPSA) is 39.3 Å². The SMILES string of the molecule is O=c1cnn(C[NH+]2CCCCC2)c2ccccc12. The van der Waals surface area contributed by atoms with Gasteiger partial charge in [-0.05, 0) is 31.4 Å². The number of nitrogens with one attached hydrogen (secondary N) is 1. The molecular formula is C14H18N3O+. The van der Waals surface area contributed by atoms with Crippen LogP contribution in [0.2, 0.25) is 0 Å². The maximum Gasteiger partial charge on any atom is 0.207 e. The van der Waals surface area contributed by atoms with Gasteiger partial charge in [0.05, 0.1) is 24.8 Å². The highest BCUT2D eigenvalue weighted by Gasteiger charge is 2.15. The van der Waals surface area contributed by atoms with E-state index in [0.717, 1.165) is 17.6 Å². The van der Waals surface area contributed by atoms with Gasteiger partial charge < -0.3 is 4.90 Å². The van der Waals surface area contributed by atoms with Crippen LogP contribution in [0, 0.1) is 0 Å². The Bertz CT molecular complexity index is 599. The van der Waals surface area contributed by atoms with Crippen LogP contribution in [0.15, 0.2) is 35.3 Å². The standard InChI is InChI=1S/C14H17N3O/c18-14-10-15-17(11-16-8-4-1-5-9-16)13-7-3-2-6-12(13)14/h2-3,6-7,10H,1,4-5,8-9,11H2/p+1. The number of para-hydroxylation sites is 1. The lowest BCUT2D eigenvalue weighted by atomic mass is 10.1. The van der Waals surface area contributed by atoms with Gasteiger partial charge in [-0.15, -0.1) is 0 Å². The highest BCUT2D eigenvalue weighted by Crippen LogP contribution is 2.06. The molecule has 1 fully saturated rings. The largest absolute Gasteiger partial charge is 0.316 e. The van der Waals surface area contributed by atoms with E-state index in [1.807, 2.05) is 28.9 Å². The van der Waals surface area contributed by atoms with Crippen LogP contribution in [0.25, 0.3) is 10.9 Å². The van der Waals surface area contributed by atoms with E-state index in [9.17, 15) is 4.79 Å². The molecule has 0 atom stereocenters. The third-order valence-corrected chi connectivity index (χ3v) is 3.70. The Labute approximate surface area is 106 Å². The molecule has 1 N–H and O–H groups in total. The first-order valence-electron chi connectivity index (χ1n) is 6.63. The van der Waals surface area contributed by atoms with Crippen molar-refractivity contribution in [1.82, 2.24) is 9.78 Å². The molecule has 0 aliphatic carbocycles. The maximum absolute atomic E-state index is 11.7. The minimum atomic E-state index is 0.00972. The highest BCUT2D eigenvalue weighted by atomic mass is 16.1. The molecule has 1 aliphatic rings. The number of rotatable bonds is 2. The zero-order chi connectivity index (χ0) is 12.4. The van der Waals surface area contributed by atoms with Gasteiger partial charge in [0.2, 0.25) is 5.43 Å². The van der Waals surface area contributed by atoms with E-state index in [1.165, 1.54) is 38.5 Å². The van der Waals surface area contributed by atoms with Crippen molar-refractivity contribution in [3.05, 3.63) is 40.7 Å². The second-order valence-corrected chi connectivity index (χ2v) is 4.99. The van der Waals surface area contributed by atoms with Crippen molar-refractivity contribution in [2.45, 2.75) is 25.9 Å². The second kappa shape index (κ2) is 4.90. The first kappa shape index (κ1) is 11.4. The zero-order valence-electron chi connectivity index (χ0n) is 10.4. The van der Waals surface area contributed by atoms with Crippen molar-refractivity contribution in [2.24, 2.45) is 0 Å². The predicted molar refractivity (Wildman–Crippen MR) is 70.6 cm³/mol. The van der Waals surface area contributed by atoms with Crippen LogP contribution in [0.5, 0.6) is 0 Å². The lowest BCUT2D eigenvalue weighted by Gasteiger charge is -2.24. The van der Waals surface area contributed by atoms with Gasteiger partial charge in [0.1, 0.15) is 0 Å². The molecule has 0 unspecified atom stereocenters. The molecule has 0 spiro atoms. The van der Waals surface area contributed by atoms with Crippen molar-refractivity contribution in [2.75, 3.05) is 13.1 Å². The van der Waals surface area contributed by atoms with Gasteiger partial charge in [-0.3, -0.25) is 4.79 Å². The molecule has 1 aromatic heterocycles. The lowest BCUT2D eigenvalue weighted by Crippen LogP contribution is -3.12. The molecule has 0 radical (unpaired) electrons. The summed E-state index contributed by atoms with van der Waals surface area (Å²) in [5, 5.41) is 5.05. The smallest absolute Gasteiger partial charge is 0.207 e. The van der Waals surface area contributed by atoms with Crippen LogP contribution in [0.1, 0.15) is 19.3 Å². The maximum atomic E-state index is 11.7. The van der Waals surface area contributed by atoms with E-state index in [0.29, 0.717) is 0 Å². The van der Waals surface area contributed by atoms with Crippen molar-refractivity contribution >= 4 is 10.9 Å². The summed E-state index contributed by atoms with van der Waals surface area (Å²) < 4.78 is 1.97. The van der Waals surface area contributed by atoms with Gasteiger partial charge >= 0.3 is 0 Å². The summed E-state index contributed by atoms with van der Waals surface area (Å²) in [4.78, 5) is 13.3.